The normalized spacial score (nSPS) is 22.5. The number of amides is 2. The molecule has 0 aromatic heterocycles. The third-order valence-electron chi connectivity index (χ3n) is 4.53. The molecule has 124 valence electrons. The predicted molar refractivity (Wildman–Crippen MR) is 91.2 cm³/mol. The van der Waals surface area contributed by atoms with Crippen LogP contribution in [0.4, 0.5) is 4.79 Å². The SMILES string of the molecule is CC1=CC#CCC(N2CCN(C(=O)NC3CCNCC3)CC2)=N1. The Bertz CT molecular complexity index is 557. The molecule has 0 aliphatic carbocycles. The third kappa shape index (κ3) is 4.26. The van der Waals surface area contributed by atoms with Crippen molar-refractivity contribution in [1.82, 2.24) is 20.4 Å². The van der Waals surface area contributed by atoms with E-state index in [0.29, 0.717) is 12.5 Å². The van der Waals surface area contributed by atoms with Crippen LogP contribution in [0, 0.1) is 11.8 Å². The predicted octanol–water partition coefficient (Wildman–Crippen LogP) is 0.775. The molecule has 0 atom stereocenters. The number of carbonyl (C=O) groups is 1. The quantitative estimate of drug-likeness (QED) is 0.703. The second kappa shape index (κ2) is 7.51. The van der Waals surface area contributed by atoms with Gasteiger partial charge in [-0.2, -0.15) is 0 Å². The van der Waals surface area contributed by atoms with Gasteiger partial charge in [0.25, 0.3) is 0 Å². The van der Waals surface area contributed by atoms with Crippen molar-refractivity contribution in [3.05, 3.63) is 11.8 Å². The van der Waals surface area contributed by atoms with Gasteiger partial charge in [-0.25, -0.2) is 9.79 Å². The summed E-state index contributed by atoms with van der Waals surface area (Å²) in [6.45, 7) is 7.10. The number of aliphatic imine (C=N–C) groups is 1. The molecule has 0 bridgehead atoms. The molecule has 2 N–H and O–H groups in total. The van der Waals surface area contributed by atoms with Crippen molar-refractivity contribution in [2.45, 2.75) is 32.2 Å². The van der Waals surface area contributed by atoms with Crippen molar-refractivity contribution >= 4 is 11.9 Å². The Hall–Kier alpha value is -2.00. The monoisotopic (exact) mass is 315 g/mol. The third-order valence-corrected chi connectivity index (χ3v) is 4.53. The van der Waals surface area contributed by atoms with Crippen molar-refractivity contribution in [3.63, 3.8) is 0 Å². The molecule has 3 aliphatic heterocycles. The summed E-state index contributed by atoms with van der Waals surface area (Å²) in [5.74, 6) is 7.15. The van der Waals surface area contributed by atoms with Gasteiger partial charge in [-0.05, 0) is 32.9 Å². The highest BCUT2D eigenvalue weighted by Crippen LogP contribution is 2.10. The molecule has 0 radical (unpaired) electrons. The fourth-order valence-electron chi connectivity index (χ4n) is 3.14. The van der Waals surface area contributed by atoms with E-state index in [2.05, 4.69) is 32.4 Å². The number of rotatable bonds is 1. The minimum absolute atomic E-state index is 0.0789. The van der Waals surface area contributed by atoms with Crippen LogP contribution in [0.1, 0.15) is 26.2 Å². The maximum absolute atomic E-state index is 12.4. The summed E-state index contributed by atoms with van der Waals surface area (Å²) in [5, 5.41) is 6.48. The van der Waals surface area contributed by atoms with Crippen molar-refractivity contribution in [2.24, 2.45) is 4.99 Å². The van der Waals surface area contributed by atoms with E-state index < -0.39 is 0 Å². The molecular weight excluding hydrogens is 290 g/mol. The summed E-state index contributed by atoms with van der Waals surface area (Å²) < 4.78 is 0. The zero-order chi connectivity index (χ0) is 16.1. The first kappa shape index (κ1) is 15.9. The van der Waals surface area contributed by atoms with Gasteiger partial charge in [0.2, 0.25) is 0 Å². The van der Waals surface area contributed by atoms with Crippen LogP contribution in [0.5, 0.6) is 0 Å². The van der Waals surface area contributed by atoms with Gasteiger partial charge in [-0.1, -0.05) is 11.8 Å². The smallest absolute Gasteiger partial charge is 0.317 e. The van der Waals surface area contributed by atoms with Crippen LogP contribution < -0.4 is 10.6 Å². The average Bonchev–Trinajstić information content (AvgIpc) is 2.80. The standard InChI is InChI=1S/C17H25N5O/c1-14-4-2-3-5-16(19-14)21-10-12-22(13-11-21)17(23)20-15-6-8-18-9-7-15/h4,15,18H,5-13H2,1H3,(H,20,23). The summed E-state index contributed by atoms with van der Waals surface area (Å²) in [5.41, 5.74) is 0.955. The van der Waals surface area contributed by atoms with Gasteiger partial charge >= 0.3 is 6.03 Å². The van der Waals surface area contributed by atoms with Crippen LogP contribution in [0.15, 0.2) is 16.8 Å². The number of piperidine rings is 1. The van der Waals surface area contributed by atoms with Gasteiger partial charge in [-0.15, -0.1) is 0 Å². The number of carbonyl (C=O) groups excluding carboxylic acids is 1. The van der Waals surface area contributed by atoms with E-state index in [1.807, 2.05) is 17.9 Å². The van der Waals surface area contributed by atoms with Gasteiger partial charge in [0, 0.05) is 44.0 Å². The fourth-order valence-corrected chi connectivity index (χ4v) is 3.14. The van der Waals surface area contributed by atoms with E-state index in [0.717, 1.165) is 63.6 Å². The van der Waals surface area contributed by atoms with Gasteiger partial charge in [0.15, 0.2) is 0 Å². The lowest BCUT2D eigenvalue weighted by Crippen LogP contribution is -2.55. The van der Waals surface area contributed by atoms with Crippen LogP contribution in [0.25, 0.3) is 0 Å². The molecule has 2 saturated heterocycles. The highest BCUT2D eigenvalue weighted by molar-refractivity contribution is 5.86. The zero-order valence-corrected chi connectivity index (χ0v) is 13.8. The molecule has 2 fully saturated rings. The Morgan fingerprint density at radius 3 is 2.78 bits per heavy atom. The fraction of sp³-hybridized carbons (Fsp3) is 0.647. The topological polar surface area (TPSA) is 60.0 Å². The second-order valence-electron chi connectivity index (χ2n) is 6.26. The first-order chi connectivity index (χ1) is 11.2. The number of piperazine rings is 1. The molecule has 3 aliphatic rings. The summed E-state index contributed by atoms with van der Waals surface area (Å²) in [4.78, 5) is 21.2. The number of nitrogens with one attached hydrogen (secondary N) is 2. The molecule has 3 heterocycles. The lowest BCUT2D eigenvalue weighted by Gasteiger charge is -2.37. The van der Waals surface area contributed by atoms with E-state index in [-0.39, 0.29) is 6.03 Å². The first-order valence-electron chi connectivity index (χ1n) is 8.46. The summed E-state index contributed by atoms with van der Waals surface area (Å²) in [7, 11) is 0. The van der Waals surface area contributed by atoms with Crippen LogP contribution in [0.2, 0.25) is 0 Å². The maximum atomic E-state index is 12.4. The lowest BCUT2D eigenvalue weighted by atomic mass is 10.1. The second-order valence-corrected chi connectivity index (χ2v) is 6.26. The maximum Gasteiger partial charge on any atom is 0.317 e. The Kier molecular flexibility index (Phi) is 5.19. The molecule has 3 rings (SSSR count). The number of hydrogen-bond acceptors (Lipinski definition) is 4. The Balaban J connectivity index is 1.49. The molecular formula is C17H25N5O. The van der Waals surface area contributed by atoms with Crippen LogP contribution >= 0.6 is 0 Å². The minimum Gasteiger partial charge on any atom is -0.356 e. The molecule has 0 saturated carbocycles. The lowest BCUT2D eigenvalue weighted by molar-refractivity contribution is 0.163. The first-order valence-corrected chi connectivity index (χ1v) is 8.46. The zero-order valence-electron chi connectivity index (χ0n) is 13.8. The van der Waals surface area contributed by atoms with E-state index in [1.54, 1.807) is 0 Å². The number of urea groups is 1. The molecule has 2 amide bonds. The van der Waals surface area contributed by atoms with Gasteiger partial charge in [0.1, 0.15) is 5.84 Å². The molecule has 0 spiro atoms. The molecule has 6 nitrogen and oxygen atoms in total. The number of allylic oxidation sites excluding steroid dienone is 2. The van der Waals surface area contributed by atoms with Crippen LogP contribution in [-0.4, -0.2) is 67.0 Å². The molecule has 23 heavy (non-hydrogen) atoms. The van der Waals surface area contributed by atoms with E-state index in [9.17, 15) is 4.79 Å². The van der Waals surface area contributed by atoms with Crippen molar-refractivity contribution in [2.75, 3.05) is 39.3 Å². The van der Waals surface area contributed by atoms with Crippen LogP contribution in [0.3, 0.4) is 0 Å². The highest BCUT2D eigenvalue weighted by Gasteiger charge is 2.25. The highest BCUT2D eigenvalue weighted by atomic mass is 16.2. The van der Waals surface area contributed by atoms with E-state index >= 15 is 0 Å². The largest absolute Gasteiger partial charge is 0.356 e. The summed E-state index contributed by atoms with van der Waals surface area (Å²) in [6, 6.07) is 0.395. The van der Waals surface area contributed by atoms with E-state index in [1.165, 1.54) is 0 Å². The Labute approximate surface area is 138 Å². The Morgan fingerprint density at radius 2 is 2.04 bits per heavy atom. The van der Waals surface area contributed by atoms with Crippen LogP contribution in [-0.2, 0) is 0 Å². The van der Waals surface area contributed by atoms with Crippen molar-refractivity contribution in [1.29, 1.82) is 0 Å². The number of hydrogen-bond donors (Lipinski definition) is 2. The molecule has 6 heteroatoms. The minimum atomic E-state index is 0.0789. The van der Waals surface area contributed by atoms with E-state index in [4.69, 9.17) is 0 Å². The molecule has 0 aromatic carbocycles. The number of amidine groups is 1. The summed E-state index contributed by atoms with van der Waals surface area (Å²) in [6.07, 6.45) is 4.59. The average molecular weight is 315 g/mol. The molecule has 0 aromatic rings. The van der Waals surface area contributed by atoms with Crippen molar-refractivity contribution < 1.29 is 4.79 Å². The Morgan fingerprint density at radius 1 is 1.30 bits per heavy atom. The van der Waals surface area contributed by atoms with Gasteiger partial charge in [-0.3, -0.25) is 0 Å². The van der Waals surface area contributed by atoms with Gasteiger partial charge < -0.3 is 20.4 Å². The summed E-state index contributed by atoms with van der Waals surface area (Å²) >= 11 is 0. The van der Waals surface area contributed by atoms with Crippen molar-refractivity contribution in [3.8, 4) is 11.8 Å². The molecule has 0 unspecified atom stereocenters. The van der Waals surface area contributed by atoms with Gasteiger partial charge in [0.05, 0.1) is 6.42 Å². The number of nitrogens with zero attached hydrogens (tertiary/aromatic N) is 3.